The summed E-state index contributed by atoms with van der Waals surface area (Å²) in [4.78, 5) is 27.3. The molecule has 4 heterocycles. The maximum absolute atomic E-state index is 12.6. The molecule has 136 valence electrons. The highest BCUT2D eigenvalue weighted by Gasteiger charge is 2.25. The number of aromatic amines is 1. The Kier molecular flexibility index (Phi) is 3.95. The lowest BCUT2D eigenvalue weighted by Crippen LogP contribution is -2.37. The molecule has 0 spiro atoms. The first-order chi connectivity index (χ1) is 12.3. The summed E-state index contributed by atoms with van der Waals surface area (Å²) in [6.07, 6.45) is 2.84. The highest BCUT2D eigenvalue weighted by Crippen LogP contribution is 2.22. The number of nitrogens with one attached hydrogen (secondary N) is 1. The molecule has 0 fully saturated rings. The average Bonchev–Trinajstić information content (AvgIpc) is 2.91. The maximum atomic E-state index is 12.6. The van der Waals surface area contributed by atoms with Gasteiger partial charge in [-0.1, -0.05) is 26.8 Å². The number of H-pyrrole nitrogens is 1. The zero-order valence-corrected chi connectivity index (χ0v) is 15.8. The van der Waals surface area contributed by atoms with Gasteiger partial charge in [0.05, 0.1) is 22.5 Å². The van der Waals surface area contributed by atoms with Crippen LogP contribution >= 0.6 is 0 Å². The molecule has 3 aromatic rings. The lowest BCUT2D eigenvalue weighted by atomic mass is 9.95. The molecule has 3 aromatic heterocycles. The van der Waals surface area contributed by atoms with E-state index in [1.807, 2.05) is 25.3 Å². The summed E-state index contributed by atoms with van der Waals surface area (Å²) in [5.74, 6) is 1.76. The SMILES string of the molecule is Cc1nc(CN2CCc3nc(C(C)(C)C)[nH]c(=O)c3C2)c2ccccn12. The minimum atomic E-state index is -0.155. The average molecular weight is 351 g/mol. The quantitative estimate of drug-likeness (QED) is 0.771. The van der Waals surface area contributed by atoms with Crippen molar-refractivity contribution < 1.29 is 0 Å². The van der Waals surface area contributed by atoms with Crippen molar-refractivity contribution >= 4 is 5.52 Å². The molecule has 0 saturated heterocycles. The predicted octanol–water partition coefficient (Wildman–Crippen LogP) is 2.58. The molecule has 0 aromatic carbocycles. The van der Waals surface area contributed by atoms with Crippen LogP contribution in [-0.4, -0.2) is 30.8 Å². The van der Waals surface area contributed by atoms with Gasteiger partial charge in [0, 0.05) is 37.7 Å². The first kappa shape index (κ1) is 17.0. The second-order valence-electron chi connectivity index (χ2n) is 8.11. The largest absolute Gasteiger partial charge is 0.310 e. The molecule has 1 aliphatic heterocycles. The van der Waals surface area contributed by atoms with Gasteiger partial charge >= 0.3 is 0 Å². The molecular formula is C20H25N5O. The molecule has 0 saturated carbocycles. The summed E-state index contributed by atoms with van der Waals surface area (Å²) in [7, 11) is 0. The minimum Gasteiger partial charge on any atom is -0.310 e. The van der Waals surface area contributed by atoms with Crippen LogP contribution in [0.15, 0.2) is 29.2 Å². The van der Waals surface area contributed by atoms with E-state index in [9.17, 15) is 4.79 Å². The van der Waals surface area contributed by atoms with Crippen LogP contribution in [-0.2, 0) is 24.9 Å². The van der Waals surface area contributed by atoms with Crippen molar-refractivity contribution in [1.29, 1.82) is 0 Å². The number of pyridine rings is 1. The molecule has 0 bridgehead atoms. The Morgan fingerprint density at radius 2 is 2.04 bits per heavy atom. The number of nitrogens with zero attached hydrogens (tertiary/aromatic N) is 4. The third-order valence-electron chi connectivity index (χ3n) is 5.03. The van der Waals surface area contributed by atoms with Crippen LogP contribution in [0.2, 0.25) is 0 Å². The molecule has 0 radical (unpaired) electrons. The Bertz CT molecular complexity index is 1020. The predicted molar refractivity (Wildman–Crippen MR) is 101 cm³/mol. The monoisotopic (exact) mass is 351 g/mol. The van der Waals surface area contributed by atoms with E-state index in [1.165, 1.54) is 0 Å². The second-order valence-corrected chi connectivity index (χ2v) is 8.11. The number of rotatable bonds is 2. The standard InChI is InChI=1S/C20H25N5O/c1-13-21-16(17-7-5-6-9-25(13)17)12-24-10-8-15-14(11-24)18(26)23-19(22-15)20(2,3)4/h5-7,9H,8,10-12H2,1-4H3,(H,22,23,26). The van der Waals surface area contributed by atoms with Crippen LogP contribution in [0.1, 0.15) is 49.4 Å². The van der Waals surface area contributed by atoms with Gasteiger partial charge in [0.25, 0.3) is 5.56 Å². The van der Waals surface area contributed by atoms with Crippen molar-refractivity contribution in [3.8, 4) is 0 Å². The topological polar surface area (TPSA) is 66.3 Å². The summed E-state index contributed by atoms with van der Waals surface area (Å²) in [5, 5.41) is 0. The summed E-state index contributed by atoms with van der Waals surface area (Å²) >= 11 is 0. The molecule has 6 heteroatoms. The molecule has 26 heavy (non-hydrogen) atoms. The first-order valence-corrected chi connectivity index (χ1v) is 9.10. The normalized spacial score (nSPS) is 15.4. The Morgan fingerprint density at radius 1 is 1.23 bits per heavy atom. The number of aryl methyl sites for hydroxylation is 1. The molecule has 6 nitrogen and oxygen atoms in total. The van der Waals surface area contributed by atoms with E-state index < -0.39 is 0 Å². The molecule has 1 N–H and O–H groups in total. The molecule has 0 unspecified atom stereocenters. The molecule has 0 aliphatic carbocycles. The van der Waals surface area contributed by atoms with Crippen LogP contribution in [0.25, 0.3) is 5.52 Å². The Labute approximate surface area is 152 Å². The number of hydrogen-bond donors (Lipinski definition) is 1. The number of aromatic nitrogens is 4. The van der Waals surface area contributed by atoms with Gasteiger partial charge in [-0.2, -0.15) is 0 Å². The third-order valence-corrected chi connectivity index (χ3v) is 5.03. The van der Waals surface area contributed by atoms with Crippen molar-refractivity contribution in [2.45, 2.75) is 52.6 Å². The van der Waals surface area contributed by atoms with Crippen LogP contribution in [0.4, 0.5) is 0 Å². The van der Waals surface area contributed by atoms with Gasteiger partial charge < -0.3 is 9.38 Å². The summed E-state index contributed by atoms with van der Waals surface area (Å²) in [6, 6.07) is 6.14. The highest BCUT2D eigenvalue weighted by molar-refractivity contribution is 5.53. The molecule has 0 atom stereocenters. The molecule has 4 rings (SSSR count). The van der Waals surface area contributed by atoms with Crippen molar-refractivity contribution in [1.82, 2.24) is 24.3 Å². The third kappa shape index (κ3) is 2.94. The zero-order chi connectivity index (χ0) is 18.5. The fourth-order valence-corrected chi connectivity index (χ4v) is 3.57. The number of fused-ring (bicyclic) bond motifs is 2. The van der Waals surface area contributed by atoms with E-state index in [-0.39, 0.29) is 11.0 Å². The highest BCUT2D eigenvalue weighted by atomic mass is 16.1. The smallest absolute Gasteiger partial charge is 0.255 e. The van der Waals surface area contributed by atoms with Crippen molar-refractivity contribution in [3.05, 3.63) is 63.3 Å². The summed E-state index contributed by atoms with van der Waals surface area (Å²) in [6.45, 7) is 10.5. The van der Waals surface area contributed by atoms with Gasteiger partial charge in [-0.05, 0) is 19.1 Å². The van der Waals surface area contributed by atoms with Crippen LogP contribution in [0.3, 0.4) is 0 Å². The molecular weight excluding hydrogens is 326 g/mol. The lowest BCUT2D eigenvalue weighted by molar-refractivity contribution is 0.239. The van der Waals surface area contributed by atoms with E-state index in [4.69, 9.17) is 9.97 Å². The van der Waals surface area contributed by atoms with Gasteiger partial charge in [0.15, 0.2) is 0 Å². The first-order valence-electron chi connectivity index (χ1n) is 9.10. The van der Waals surface area contributed by atoms with Crippen LogP contribution in [0.5, 0.6) is 0 Å². The maximum Gasteiger partial charge on any atom is 0.255 e. The van der Waals surface area contributed by atoms with E-state index in [2.05, 4.69) is 41.1 Å². The van der Waals surface area contributed by atoms with Crippen molar-refractivity contribution in [3.63, 3.8) is 0 Å². The van der Waals surface area contributed by atoms with Gasteiger partial charge in [0.1, 0.15) is 11.6 Å². The number of imidazole rings is 1. The van der Waals surface area contributed by atoms with Gasteiger partial charge in [-0.3, -0.25) is 9.69 Å². The fourth-order valence-electron chi connectivity index (χ4n) is 3.57. The Balaban J connectivity index is 1.62. The second kappa shape index (κ2) is 6.06. The van der Waals surface area contributed by atoms with Crippen LogP contribution < -0.4 is 5.56 Å². The Hall–Kier alpha value is -2.47. The van der Waals surface area contributed by atoms with E-state index in [1.54, 1.807) is 0 Å². The summed E-state index contributed by atoms with van der Waals surface area (Å²) < 4.78 is 2.11. The lowest BCUT2D eigenvalue weighted by Gasteiger charge is -2.28. The van der Waals surface area contributed by atoms with Crippen molar-refractivity contribution in [2.75, 3.05) is 6.54 Å². The van der Waals surface area contributed by atoms with E-state index in [0.29, 0.717) is 6.54 Å². The van der Waals surface area contributed by atoms with Crippen molar-refractivity contribution in [2.24, 2.45) is 0 Å². The van der Waals surface area contributed by atoms with Gasteiger partial charge in [-0.25, -0.2) is 9.97 Å². The number of hydrogen-bond acceptors (Lipinski definition) is 4. The fraction of sp³-hybridized carbons (Fsp3) is 0.450. The minimum absolute atomic E-state index is 0.00416. The van der Waals surface area contributed by atoms with Gasteiger partial charge in [0.2, 0.25) is 0 Å². The molecule has 1 aliphatic rings. The zero-order valence-electron chi connectivity index (χ0n) is 15.8. The van der Waals surface area contributed by atoms with Gasteiger partial charge in [-0.15, -0.1) is 0 Å². The molecule has 0 amide bonds. The summed E-state index contributed by atoms with van der Waals surface area (Å²) in [5.41, 5.74) is 3.77. The van der Waals surface area contributed by atoms with E-state index >= 15 is 0 Å². The van der Waals surface area contributed by atoms with E-state index in [0.717, 1.165) is 53.6 Å². The Morgan fingerprint density at radius 3 is 2.81 bits per heavy atom. The van der Waals surface area contributed by atoms with Crippen LogP contribution in [0, 0.1) is 6.92 Å².